The predicted molar refractivity (Wildman–Crippen MR) is 81.5 cm³/mol. The van der Waals surface area contributed by atoms with Gasteiger partial charge in [0.15, 0.2) is 0 Å². The molecule has 3 atom stereocenters. The molecule has 0 aliphatic carbocycles. The SMILES string of the molecule is COC1C[C@H]2CC[C@@H](C1)N2c1nc(C)nc2c1CNCC2. The summed E-state index contributed by atoms with van der Waals surface area (Å²) in [5, 5.41) is 3.48. The number of nitrogens with zero attached hydrogens (tertiary/aromatic N) is 3. The third-order valence-corrected chi connectivity index (χ3v) is 5.29. The number of hydrogen-bond acceptors (Lipinski definition) is 5. The van der Waals surface area contributed by atoms with E-state index in [9.17, 15) is 0 Å². The van der Waals surface area contributed by atoms with Crippen molar-refractivity contribution in [3.8, 4) is 0 Å². The van der Waals surface area contributed by atoms with Crippen LogP contribution in [-0.4, -0.2) is 41.8 Å². The van der Waals surface area contributed by atoms with Gasteiger partial charge in [-0.25, -0.2) is 9.97 Å². The zero-order valence-corrected chi connectivity index (χ0v) is 12.9. The molecule has 4 heterocycles. The van der Waals surface area contributed by atoms with E-state index in [-0.39, 0.29) is 0 Å². The van der Waals surface area contributed by atoms with E-state index < -0.39 is 0 Å². The highest BCUT2D eigenvalue weighted by atomic mass is 16.5. The van der Waals surface area contributed by atoms with Crippen molar-refractivity contribution >= 4 is 5.82 Å². The molecule has 2 saturated heterocycles. The van der Waals surface area contributed by atoms with Crippen LogP contribution < -0.4 is 10.2 Å². The number of hydrogen-bond donors (Lipinski definition) is 1. The second kappa shape index (κ2) is 5.21. The van der Waals surface area contributed by atoms with Crippen molar-refractivity contribution in [2.45, 2.75) is 63.8 Å². The van der Waals surface area contributed by atoms with Crippen LogP contribution in [0.15, 0.2) is 0 Å². The maximum atomic E-state index is 5.62. The van der Waals surface area contributed by atoms with Crippen molar-refractivity contribution in [2.75, 3.05) is 18.6 Å². The minimum atomic E-state index is 0.427. The first kappa shape index (κ1) is 13.5. The number of fused-ring (bicyclic) bond motifs is 3. The monoisotopic (exact) mass is 288 g/mol. The van der Waals surface area contributed by atoms with Crippen LogP contribution in [0.3, 0.4) is 0 Å². The Morgan fingerprint density at radius 3 is 2.67 bits per heavy atom. The Hall–Kier alpha value is -1.20. The van der Waals surface area contributed by atoms with E-state index in [4.69, 9.17) is 9.72 Å². The molecule has 1 unspecified atom stereocenters. The van der Waals surface area contributed by atoms with Gasteiger partial charge in [0.05, 0.1) is 11.8 Å². The van der Waals surface area contributed by atoms with Crippen LogP contribution >= 0.6 is 0 Å². The molecule has 0 saturated carbocycles. The summed E-state index contributed by atoms with van der Waals surface area (Å²) in [4.78, 5) is 12.1. The van der Waals surface area contributed by atoms with Crippen LogP contribution in [0.1, 0.15) is 42.8 Å². The first-order valence-corrected chi connectivity index (χ1v) is 8.14. The van der Waals surface area contributed by atoms with Gasteiger partial charge in [0.2, 0.25) is 0 Å². The number of aryl methyl sites for hydroxylation is 1. The van der Waals surface area contributed by atoms with E-state index in [0.717, 1.165) is 38.2 Å². The number of aromatic nitrogens is 2. The summed E-state index contributed by atoms with van der Waals surface area (Å²) in [6.45, 7) is 3.96. The zero-order valence-electron chi connectivity index (χ0n) is 12.9. The number of anilines is 1. The van der Waals surface area contributed by atoms with E-state index in [0.29, 0.717) is 18.2 Å². The third kappa shape index (κ3) is 2.23. The Balaban J connectivity index is 1.72. The lowest BCUT2D eigenvalue weighted by Crippen LogP contribution is -2.47. The average Bonchev–Trinajstić information content (AvgIpc) is 2.76. The highest BCUT2D eigenvalue weighted by molar-refractivity contribution is 5.53. The summed E-state index contributed by atoms with van der Waals surface area (Å²) in [7, 11) is 1.85. The van der Waals surface area contributed by atoms with Crippen LogP contribution in [0.4, 0.5) is 5.82 Å². The molecule has 1 aromatic heterocycles. The van der Waals surface area contributed by atoms with Gasteiger partial charge in [-0.15, -0.1) is 0 Å². The maximum Gasteiger partial charge on any atom is 0.137 e. The van der Waals surface area contributed by atoms with E-state index in [2.05, 4.69) is 15.2 Å². The van der Waals surface area contributed by atoms with E-state index in [1.807, 2.05) is 14.0 Å². The number of methoxy groups -OCH3 is 1. The van der Waals surface area contributed by atoms with E-state index in [1.165, 1.54) is 29.9 Å². The smallest absolute Gasteiger partial charge is 0.137 e. The first-order valence-electron chi connectivity index (χ1n) is 8.14. The molecule has 5 nitrogen and oxygen atoms in total. The van der Waals surface area contributed by atoms with Crippen LogP contribution in [0.25, 0.3) is 0 Å². The predicted octanol–water partition coefficient (Wildman–Crippen LogP) is 1.58. The van der Waals surface area contributed by atoms with Gasteiger partial charge in [0.25, 0.3) is 0 Å². The Morgan fingerprint density at radius 2 is 1.95 bits per heavy atom. The summed E-state index contributed by atoms with van der Waals surface area (Å²) in [5.74, 6) is 2.12. The topological polar surface area (TPSA) is 50.3 Å². The Labute approximate surface area is 126 Å². The summed E-state index contributed by atoms with van der Waals surface area (Å²) in [5.41, 5.74) is 2.59. The molecule has 4 rings (SSSR count). The molecule has 0 spiro atoms. The molecule has 1 aromatic rings. The van der Waals surface area contributed by atoms with Gasteiger partial charge in [-0.1, -0.05) is 0 Å². The second-order valence-corrected chi connectivity index (χ2v) is 6.57. The van der Waals surface area contributed by atoms with Gasteiger partial charge in [-0.05, 0) is 32.6 Å². The number of rotatable bonds is 2. The highest BCUT2D eigenvalue weighted by Crippen LogP contribution is 2.41. The molecule has 2 bridgehead atoms. The van der Waals surface area contributed by atoms with Crippen LogP contribution in [0.2, 0.25) is 0 Å². The number of piperidine rings is 1. The minimum absolute atomic E-state index is 0.427. The molecular formula is C16H24N4O. The Kier molecular flexibility index (Phi) is 3.34. The lowest BCUT2D eigenvalue weighted by Gasteiger charge is -2.40. The Morgan fingerprint density at radius 1 is 1.19 bits per heavy atom. The number of nitrogens with one attached hydrogen (secondary N) is 1. The van der Waals surface area contributed by atoms with Crippen molar-refractivity contribution in [1.29, 1.82) is 0 Å². The second-order valence-electron chi connectivity index (χ2n) is 6.57. The summed E-state index contributed by atoms with van der Waals surface area (Å²) < 4.78 is 5.62. The maximum absolute atomic E-state index is 5.62. The molecule has 3 aliphatic heterocycles. The lowest BCUT2D eigenvalue weighted by atomic mass is 9.98. The van der Waals surface area contributed by atoms with E-state index in [1.54, 1.807) is 0 Å². The number of ether oxygens (including phenoxy) is 1. The van der Waals surface area contributed by atoms with Crippen molar-refractivity contribution in [3.05, 3.63) is 17.1 Å². The minimum Gasteiger partial charge on any atom is -0.381 e. The lowest BCUT2D eigenvalue weighted by molar-refractivity contribution is 0.0681. The van der Waals surface area contributed by atoms with Gasteiger partial charge < -0.3 is 15.0 Å². The van der Waals surface area contributed by atoms with Gasteiger partial charge in [0, 0.05) is 44.3 Å². The third-order valence-electron chi connectivity index (χ3n) is 5.29. The summed E-state index contributed by atoms with van der Waals surface area (Å²) >= 11 is 0. The largest absolute Gasteiger partial charge is 0.381 e. The fourth-order valence-corrected chi connectivity index (χ4v) is 4.32. The van der Waals surface area contributed by atoms with Crippen molar-refractivity contribution < 1.29 is 4.74 Å². The molecule has 0 amide bonds. The molecular weight excluding hydrogens is 264 g/mol. The fourth-order valence-electron chi connectivity index (χ4n) is 4.32. The molecule has 0 aromatic carbocycles. The summed E-state index contributed by atoms with van der Waals surface area (Å²) in [6.07, 6.45) is 6.27. The normalized spacial score (nSPS) is 31.3. The molecule has 21 heavy (non-hydrogen) atoms. The standard InChI is InChI=1S/C16H24N4O/c1-10-18-15-5-6-17-9-14(15)16(19-10)20-11-3-4-12(20)8-13(7-11)21-2/h11-13,17H,3-9H2,1-2H3/t11-,12+,13?. The highest BCUT2D eigenvalue weighted by Gasteiger charge is 2.42. The van der Waals surface area contributed by atoms with Crippen LogP contribution in [-0.2, 0) is 17.7 Å². The molecule has 3 aliphatic rings. The van der Waals surface area contributed by atoms with Crippen molar-refractivity contribution in [1.82, 2.24) is 15.3 Å². The van der Waals surface area contributed by atoms with Crippen LogP contribution in [0.5, 0.6) is 0 Å². The molecule has 2 fully saturated rings. The molecule has 114 valence electrons. The van der Waals surface area contributed by atoms with Gasteiger partial charge in [-0.2, -0.15) is 0 Å². The first-order chi connectivity index (χ1) is 10.3. The average molecular weight is 288 g/mol. The fraction of sp³-hybridized carbons (Fsp3) is 0.750. The van der Waals surface area contributed by atoms with E-state index >= 15 is 0 Å². The zero-order chi connectivity index (χ0) is 14.4. The van der Waals surface area contributed by atoms with Crippen LogP contribution in [0, 0.1) is 6.92 Å². The van der Waals surface area contributed by atoms with Gasteiger partial charge >= 0.3 is 0 Å². The molecule has 1 N–H and O–H groups in total. The van der Waals surface area contributed by atoms with Crippen molar-refractivity contribution in [2.24, 2.45) is 0 Å². The molecule has 5 heteroatoms. The van der Waals surface area contributed by atoms with Gasteiger partial charge in [-0.3, -0.25) is 0 Å². The Bertz CT molecular complexity index is 533. The van der Waals surface area contributed by atoms with Crippen molar-refractivity contribution in [3.63, 3.8) is 0 Å². The van der Waals surface area contributed by atoms with Gasteiger partial charge in [0.1, 0.15) is 11.6 Å². The summed E-state index contributed by atoms with van der Waals surface area (Å²) in [6, 6.07) is 1.18. The quantitative estimate of drug-likeness (QED) is 0.895. The molecule has 0 radical (unpaired) electrons.